The molecule has 0 spiro atoms. The molecule has 0 aliphatic carbocycles. The molecule has 0 atom stereocenters. The topological polar surface area (TPSA) is 26.0 Å². The monoisotopic (exact) mass is 285 g/mol. The van der Waals surface area contributed by atoms with Gasteiger partial charge in [-0.15, -0.1) is 24.0 Å². The third-order valence-corrected chi connectivity index (χ3v) is 2.06. The molecule has 0 radical (unpaired) electrons. The summed E-state index contributed by atoms with van der Waals surface area (Å²) >= 11 is 0. The Kier molecular flexibility index (Phi) is 18.0. The van der Waals surface area contributed by atoms with Gasteiger partial charge in [0.2, 0.25) is 0 Å². The van der Waals surface area contributed by atoms with Gasteiger partial charge in [-0.1, -0.05) is 51.9 Å². The van der Waals surface area contributed by atoms with E-state index in [2.05, 4.69) is 6.92 Å². The minimum Gasteiger partial charge on any atom is -0.330 e. The lowest BCUT2D eigenvalue weighted by Crippen LogP contribution is -1.97. The normalized spacial score (nSPS) is 9.50. The first-order chi connectivity index (χ1) is 5.41. The van der Waals surface area contributed by atoms with Crippen molar-refractivity contribution in [1.29, 1.82) is 0 Å². The van der Waals surface area contributed by atoms with Crippen LogP contribution in [-0.2, 0) is 0 Å². The maximum atomic E-state index is 5.39. The smallest absolute Gasteiger partial charge is 0.00773 e. The summed E-state index contributed by atoms with van der Waals surface area (Å²) in [4.78, 5) is 0. The van der Waals surface area contributed by atoms with Crippen molar-refractivity contribution in [2.45, 2.75) is 58.3 Å². The van der Waals surface area contributed by atoms with Crippen molar-refractivity contribution in [3.63, 3.8) is 0 Å². The second-order valence-electron chi connectivity index (χ2n) is 3.26. The molecule has 0 aromatic rings. The Balaban J connectivity index is 0. The largest absolute Gasteiger partial charge is 0.330 e. The molecule has 76 valence electrons. The molecule has 2 N–H and O–H groups in total. The Bertz CT molecular complexity index is 58.9. The van der Waals surface area contributed by atoms with Crippen LogP contribution in [0.4, 0.5) is 0 Å². The van der Waals surface area contributed by atoms with Gasteiger partial charge in [0.25, 0.3) is 0 Å². The Labute approximate surface area is 94.5 Å². The van der Waals surface area contributed by atoms with E-state index in [9.17, 15) is 0 Å². The van der Waals surface area contributed by atoms with Gasteiger partial charge < -0.3 is 5.73 Å². The van der Waals surface area contributed by atoms with Crippen LogP contribution in [0.25, 0.3) is 0 Å². The number of rotatable bonds is 8. The number of nitrogens with two attached hydrogens (primary N) is 1. The Morgan fingerprint density at radius 2 is 1.17 bits per heavy atom. The highest BCUT2D eigenvalue weighted by Crippen LogP contribution is 2.07. The zero-order valence-electron chi connectivity index (χ0n) is 8.35. The molecule has 0 rings (SSSR count). The minimum absolute atomic E-state index is 0. The molecule has 1 nitrogen and oxygen atoms in total. The van der Waals surface area contributed by atoms with E-state index in [1.807, 2.05) is 0 Å². The van der Waals surface area contributed by atoms with Gasteiger partial charge in [0.05, 0.1) is 0 Å². The predicted molar refractivity (Wildman–Crippen MR) is 67.1 cm³/mol. The quantitative estimate of drug-likeness (QED) is 0.534. The summed E-state index contributed by atoms with van der Waals surface area (Å²) in [5, 5.41) is 0. The van der Waals surface area contributed by atoms with Crippen molar-refractivity contribution in [1.82, 2.24) is 0 Å². The van der Waals surface area contributed by atoms with Crippen LogP contribution in [0.1, 0.15) is 58.3 Å². The lowest BCUT2D eigenvalue weighted by atomic mass is 10.1. The van der Waals surface area contributed by atoms with Crippen LogP contribution in [0.15, 0.2) is 0 Å². The molecular weight excluding hydrogens is 261 g/mol. The summed E-state index contributed by atoms with van der Waals surface area (Å²) in [5.41, 5.74) is 5.39. The fourth-order valence-corrected chi connectivity index (χ4v) is 1.28. The molecule has 0 saturated carbocycles. The van der Waals surface area contributed by atoms with Gasteiger partial charge in [0.15, 0.2) is 0 Å². The summed E-state index contributed by atoms with van der Waals surface area (Å²) in [7, 11) is 0. The summed E-state index contributed by atoms with van der Waals surface area (Å²) in [6.07, 6.45) is 11.0. The van der Waals surface area contributed by atoms with E-state index in [1.54, 1.807) is 0 Å². The van der Waals surface area contributed by atoms with Crippen molar-refractivity contribution in [2.24, 2.45) is 5.73 Å². The average Bonchev–Trinajstić information content (AvgIpc) is 2.03. The molecule has 0 aliphatic rings. The van der Waals surface area contributed by atoms with E-state index in [-0.39, 0.29) is 24.0 Å². The van der Waals surface area contributed by atoms with Gasteiger partial charge in [-0.25, -0.2) is 0 Å². The lowest BCUT2D eigenvalue weighted by Gasteiger charge is -1.99. The van der Waals surface area contributed by atoms with E-state index in [4.69, 9.17) is 5.73 Å². The molecule has 0 heterocycles. The summed E-state index contributed by atoms with van der Waals surface area (Å²) < 4.78 is 0. The van der Waals surface area contributed by atoms with Crippen molar-refractivity contribution in [2.75, 3.05) is 6.54 Å². The van der Waals surface area contributed by atoms with E-state index in [0.717, 1.165) is 6.54 Å². The summed E-state index contributed by atoms with van der Waals surface area (Å²) in [6, 6.07) is 0. The van der Waals surface area contributed by atoms with Gasteiger partial charge in [-0.3, -0.25) is 0 Å². The Morgan fingerprint density at radius 1 is 0.750 bits per heavy atom. The maximum absolute atomic E-state index is 5.39. The van der Waals surface area contributed by atoms with Crippen molar-refractivity contribution >= 4 is 24.0 Å². The van der Waals surface area contributed by atoms with Crippen LogP contribution in [0.3, 0.4) is 0 Å². The van der Waals surface area contributed by atoms with Crippen LogP contribution in [0.2, 0.25) is 0 Å². The lowest BCUT2D eigenvalue weighted by molar-refractivity contribution is 0.578. The standard InChI is InChI=1S/C10H23N.HI/c1-2-3-4-5-6-7-8-9-10-11;/h2-11H2,1H3;1H. The molecule has 12 heavy (non-hydrogen) atoms. The highest BCUT2D eigenvalue weighted by atomic mass is 127. The van der Waals surface area contributed by atoms with E-state index >= 15 is 0 Å². The van der Waals surface area contributed by atoms with Crippen molar-refractivity contribution in [3.8, 4) is 0 Å². The first-order valence-electron chi connectivity index (χ1n) is 5.12. The maximum Gasteiger partial charge on any atom is -0.00773 e. The molecule has 0 fully saturated rings. The van der Waals surface area contributed by atoms with Crippen LogP contribution in [0, 0.1) is 0 Å². The fourth-order valence-electron chi connectivity index (χ4n) is 1.28. The fraction of sp³-hybridized carbons (Fsp3) is 1.00. The Hall–Kier alpha value is 0.690. The molecular formula is C10H24IN. The third kappa shape index (κ3) is 13.3. The molecule has 0 saturated heterocycles. The SMILES string of the molecule is CCCCCCCCCCN.I. The molecule has 0 bridgehead atoms. The van der Waals surface area contributed by atoms with Gasteiger partial charge in [-0.2, -0.15) is 0 Å². The van der Waals surface area contributed by atoms with Gasteiger partial charge >= 0.3 is 0 Å². The first kappa shape index (κ1) is 15.2. The molecule has 0 aliphatic heterocycles. The molecule has 0 unspecified atom stereocenters. The van der Waals surface area contributed by atoms with Gasteiger partial charge in [-0.05, 0) is 13.0 Å². The van der Waals surface area contributed by atoms with Crippen LogP contribution >= 0.6 is 24.0 Å². The minimum atomic E-state index is 0. The zero-order valence-corrected chi connectivity index (χ0v) is 10.7. The van der Waals surface area contributed by atoms with Crippen LogP contribution < -0.4 is 5.73 Å². The second-order valence-corrected chi connectivity index (χ2v) is 3.26. The third-order valence-electron chi connectivity index (χ3n) is 2.06. The molecule has 2 heteroatoms. The van der Waals surface area contributed by atoms with Crippen LogP contribution in [-0.4, -0.2) is 6.54 Å². The molecule has 0 aromatic heterocycles. The average molecular weight is 285 g/mol. The molecule has 0 amide bonds. The van der Waals surface area contributed by atoms with Gasteiger partial charge in [0.1, 0.15) is 0 Å². The van der Waals surface area contributed by atoms with Crippen molar-refractivity contribution < 1.29 is 0 Å². The van der Waals surface area contributed by atoms with Gasteiger partial charge in [0, 0.05) is 0 Å². The van der Waals surface area contributed by atoms with E-state index in [0.29, 0.717) is 0 Å². The second kappa shape index (κ2) is 14.2. The highest BCUT2D eigenvalue weighted by molar-refractivity contribution is 14.0. The number of hydrogen-bond donors (Lipinski definition) is 1. The molecule has 0 aromatic carbocycles. The van der Waals surface area contributed by atoms with Crippen molar-refractivity contribution in [3.05, 3.63) is 0 Å². The number of unbranched alkanes of at least 4 members (excludes halogenated alkanes) is 7. The zero-order chi connectivity index (χ0) is 8.36. The Morgan fingerprint density at radius 3 is 1.58 bits per heavy atom. The number of hydrogen-bond acceptors (Lipinski definition) is 1. The van der Waals surface area contributed by atoms with E-state index < -0.39 is 0 Å². The summed E-state index contributed by atoms with van der Waals surface area (Å²) in [5.74, 6) is 0. The first-order valence-corrected chi connectivity index (χ1v) is 5.12. The number of halogens is 1. The summed E-state index contributed by atoms with van der Waals surface area (Å²) in [6.45, 7) is 3.13. The highest BCUT2D eigenvalue weighted by Gasteiger charge is 1.89. The van der Waals surface area contributed by atoms with E-state index in [1.165, 1.54) is 51.4 Å². The van der Waals surface area contributed by atoms with Crippen LogP contribution in [0.5, 0.6) is 0 Å². The predicted octanol–water partition coefficient (Wildman–Crippen LogP) is 3.70.